The molecule has 0 saturated heterocycles. The molecule has 2 aromatic heterocycles. The Morgan fingerprint density at radius 3 is 2.55 bits per heavy atom. The first-order valence-electron chi connectivity index (χ1n) is 9.96. The number of carbonyl (C=O) groups is 4. The van der Waals surface area contributed by atoms with Crippen LogP contribution in [0.1, 0.15) is 66.2 Å². The van der Waals surface area contributed by atoms with Gasteiger partial charge >= 0.3 is 11.9 Å². The summed E-state index contributed by atoms with van der Waals surface area (Å²) in [5.41, 5.74) is 2.08. The number of aryl methyl sites for hydroxylation is 1. The molecule has 1 aliphatic carbocycles. The van der Waals surface area contributed by atoms with Crippen LogP contribution in [0.5, 0.6) is 0 Å². The molecule has 2 amide bonds. The molecule has 0 aliphatic heterocycles. The van der Waals surface area contributed by atoms with Crippen LogP contribution < -0.4 is 10.6 Å². The third-order valence-electron chi connectivity index (χ3n) is 4.93. The van der Waals surface area contributed by atoms with Crippen LogP contribution in [-0.2, 0) is 27.1 Å². The van der Waals surface area contributed by atoms with E-state index in [2.05, 4.69) is 10.6 Å². The predicted octanol–water partition coefficient (Wildman–Crippen LogP) is 3.33. The smallest absolute Gasteiger partial charge is 0.341 e. The first-order valence-corrected chi connectivity index (χ1v) is 11.7. The second-order valence-electron chi connectivity index (χ2n) is 6.94. The maximum Gasteiger partial charge on any atom is 0.341 e. The molecule has 2 aromatic rings. The van der Waals surface area contributed by atoms with E-state index >= 15 is 0 Å². The molecule has 3 rings (SSSR count). The Bertz CT molecular complexity index is 1020. The Morgan fingerprint density at radius 2 is 1.84 bits per heavy atom. The standard InChI is InChI=1S/C21H24N2O6S2/c1-4-28-21(27)16-11(2)17(18(25)22-3)31-19(16)23-15(24)9-29-20(26)13-10-30-14-8-6-5-7-12(13)14/h10H,4-9H2,1-3H3,(H,22,25)(H,23,24). The van der Waals surface area contributed by atoms with Crippen LogP contribution in [0.4, 0.5) is 5.00 Å². The van der Waals surface area contributed by atoms with E-state index in [1.807, 2.05) is 0 Å². The van der Waals surface area contributed by atoms with E-state index in [1.54, 1.807) is 30.6 Å². The summed E-state index contributed by atoms with van der Waals surface area (Å²) in [5.74, 6) is -2.15. The van der Waals surface area contributed by atoms with E-state index in [1.165, 1.54) is 11.9 Å². The number of anilines is 1. The van der Waals surface area contributed by atoms with Crippen molar-refractivity contribution in [2.24, 2.45) is 0 Å². The van der Waals surface area contributed by atoms with Crippen LogP contribution in [0.25, 0.3) is 0 Å². The topological polar surface area (TPSA) is 111 Å². The van der Waals surface area contributed by atoms with Gasteiger partial charge in [0, 0.05) is 17.3 Å². The van der Waals surface area contributed by atoms with Gasteiger partial charge in [-0.1, -0.05) is 0 Å². The van der Waals surface area contributed by atoms with Crippen LogP contribution in [0.15, 0.2) is 5.38 Å². The Balaban J connectivity index is 1.71. The molecule has 1 aliphatic rings. The van der Waals surface area contributed by atoms with Crippen LogP contribution in [0.3, 0.4) is 0 Å². The lowest BCUT2D eigenvalue weighted by Crippen LogP contribution is -2.22. The number of rotatable bonds is 7. The van der Waals surface area contributed by atoms with E-state index in [0.29, 0.717) is 16.0 Å². The van der Waals surface area contributed by atoms with E-state index in [4.69, 9.17) is 9.47 Å². The molecule has 0 saturated carbocycles. The summed E-state index contributed by atoms with van der Waals surface area (Å²) in [6.07, 6.45) is 3.96. The Morgan fingerprint density at radius 1 is 1.10 bits per heavy atom. The molecule has 166 valence electrons. The average Bonchev–Trinajstić information content (AvgIpc) is 3.33. The average molecular weight is 465 g/mol. The van der Waals surface area contributed by atoms with Crippen LogP contribution >= 0.6 is 22.7 Å². The summed E-state index contributed by atoms with van der Waals surface area (Å²) in [7, 11) is 1.48. The molecule has 0 spiro atoms. The van der Waals surface area contributed by atoms with Gasteiger partial charge in [0.2, 0.25) is 0 Å². The zero-order chi connectivity index (χ0) is 22.5. The van der Waals surface area contributed by atoms with Crippen LogP contribution in [-0.4, -0.2) is 44.0 Å². The summed E-state index contributed by atoms with van der Waals surface area (Å²) in [5, 5.41) is 7.05. The Hall–Kier alpha value is -2.72. The van der Waals surface area contributed by atoms with Gasteiger partial charge in [0.25, 0.3) is 11.8 Å². The third kappa shape index (κ3) is 4.96. The monoisotopic (exact) mass is 464 g/mol. The summed E-state index contributed by atoms with van der Waals surface area (Å²) in [6.45, 7) is 2.93. The number of hydrogen-bond acceptors (Lipinski definition) is 8. The van der Waals surface area contributed by atoms with Crippen molar-refractivity contribution in [1.82, 2.24) is 5.32 Å². The summed E-state index contributed by atoms with van der Waals surface area (Å²) in [6, 6.07) is 0. The number of thiophene rings is 2. The fourth-order valence-electron chi connectivity index (χ4n) is 3.42. The molecule has 0 atom stereocenters. The predicted molar refractivity (Wildman–Crippen MR) is 118 cm³/mol. The zero-order valence-electron chi connectivity index (χ0n) is 17.6. The van der Waals surface area contributed by atoms with Gasteiger partial charge < -0.3 is 20.1 Å². The SMILES string of the molecule is CCOC(=O)c1c(NC(=O)COC(=O)c2csc3c2CCCC3)sc(C(=O)NC)c1C. The molecule has 31 heavy (non-hydrogen) atoms. The number of hydrogen-bond donors (Lipinski definition) is 2. The molecule has 2 N–H and O–H groups in total. The summed E-state index contributed by atoms with van der Waals surface area (Å²) in [4.78, 5) is 50.9. The van der Waals surface area contributed by atoms with Crippen LogP contribution in [0.2, 0.25) is 0 Å². The van der Waals surface area contributed by atoms with Gasteiger partial charge in [-0.3, -0.25) is 9.59 Å². The number of esters is 2. The number of fused-ring (bicyclic) bond motifs is 1. The second kappa shape index (κ2) is 10.1. The molecule has 10 heteroatoms. The molecule has 0 fully saturated rings. The Kier molecular flexibility index (Phi) is 7.45. The quantitative estimate of drug-likeness (QED) is 0.608. The molecular weight excluding hydrogens is 440 g/mol. The van der Waals surface area contributed by atoms with Crippen molar-refractivity contribution in [2.45, 2.75) is 39.5 Å². The minimum absolute atomic E-state index is 0.122. The maximum atomic E-state index is 12.5. The number of amides is 2. The van der Waals surface area contributed by atoms with E-state index in [0.717, 1.165) is 42.6 Å². The van der Waals surface area contributed by atoms with E-state index in [9.17, 15) is 19.2 Å². The normalized spacial score (nSPS) is 12.6. The van der Waals surface area contributed by atoms with Crippen molar-refractivity contribution in [1.29, 1.82) is 0 Å². The van der Waals surface area contributed by atoms with Gasteiger partial charge in [0.15, 0.2) is 6.61 Å². The van der Waals surface area contributed by atoms with E-state index in [-0.39, 0.29) is 23.1 Å². The van der Waals surface area contributed by atoms with Crippen molar-refractivity contribution in [3.63, 3.8) is 0 Å². The molecular formula is C21H24N2O6S2. The minimum Gasteiger partial charge on any atom is -0.462 e. The zero-order valence-corrected chi connectivity index (χ0v) is 19.2. The largest absolute Gasteiger partial charge is 0.462 e. The van der Waals surface area contributed by atoms with Crippen molar-refractivity contribution in [2.75, 3.05) is 25.6 Å². The highest BCUT2D eigenvalue weighted by atomic mass is 32.1. The van der Waals surface area contributed by atoms with Crippen molar-refractivity contribution in [3.05, 3.63) is 37.4 Å². The summed E-state index contributed by atoms with van der Waals surface area (Å²) < 4.78 is 10.3. The maximum absolute atomic E-state index is 12.5. The van der Waals surface area contributed by atoms with E-state index < -0.39 is 24.5 Å². The Labute approximate surface area is 187 Å². The number of nitrogens with one attached hydrogen (secondary N) is 2. The molecule has 2 heterocycles. The van der Waals surface area contributed by atoms with Gasteiger partial charge in [-0.05, 0) is 50.7 Å². The van der Waals surface area contributed by atoms with Gasteiger partial charge in [0.05, 0.1) is 22.6 Å². The molecule has 0 unspecified atom stereocenters. The minimum atomic E-state index is -0.636. The van der Waals surface area contributed by atoms with Gasteiger partial charge in [-0.2, -0.15) is 0 Å². The van der Waals surface area contributed by atoms with Crippen LogP contribution in [0, 0.1) is 6.92 Å². The highest BCUT2D eigenvalue weighted by Crippen LogP contribution is 2.34. The van der Waals surface area contributed by atoms with Gasteiger partial charge in [-0.25, -0.2) is 9.59 Å². The molecule has 8 nitrogen and oxygen atoms in total. The molecule has 0 radical (unpaired) electrons. The highest BCUT2D eigenvalue weighted by molar-refractivity contribution is 7.18. The fraction of sp³-hybridized carbons (Fsp3) is 0.429. The second-order valence-corrected chi connectivity index (χ2v) is 8.93. The van der Waals surface area contributed by atoms with Gasteiger partial charge in [-0.15, -0.1) is 22.7 Å². The third-order valence-corrected chi connectivity index (χ3v) is 7.22. The lowest BCUT2D eigenvalue weighted by molar-refractivity contribution is -0.119. The first kappa shape index (κ1) is 23.0. The lowest BCUT2D eigenvalue weighted by Gasteiger charge is -2.12. The van der Waals surface area contributed by atoms with Crippen molar-refractivity contribution in [3.8, 4) is 0 Å². The number of carbonyl (C=O) groups excluding carboxylic acids is 4. The van der Waals surface area contributed by atoms with Crippen molar-refractivity contribution >= 4 is 51.4 Å². The molecule has 0 bridgehead atoms. The molecule has 0 aromatic carbocycles. The van der Waals surface area contributed by atoms with Crippen molar-refractivity contribution < 1.29 is 28.7 Å². The lowest BCUT2D eigenvalue weighted by atomic mass is 9.96. The summed E-state index contributed by atoms with van der Waals surface area (Å²) >= 11 is 2.52. The first-order chi connectivity index (χ1) is 14.9. The fourth-order valence-corrected chi connectivity index (χ4v) is 5.69. The number of ether oxygens (including phenoxy) is 2. The highest BCUT2D eigenvalue weighted by Gasteiger charge is 2.27. The van der Waals surface area contributed by atoms with Gasteiger partial charge in [0.1, 0.15) is 5.00 Å².